The van der Waals surface area contributed by atoms with Crippen LogP contribution in [0.4, 0.5) is 0 Å². The average Bonchev–Trinajstić information content (AvgIpc) is 3.21. The number of hydrogen-bond acceptors (Lipinski definition) is 1. The third-order valence-corrected chi connectivity index (χ3v) is 10.5. The molecule has 5 aliphatic carbocycles. The fraction of sp³-hybridized carbons (Fsp3) is 0.583. The number of allylic oxidation sites excluding steroid dienone is 9. The number of hydrogen-bond donors (Lipinski definition) is 1. The molecular formula is C24H29OS+. The summed E-state index contributed by atoms with van der Waals surface area (Å²) in [6, 6.07) is 0. The highest BCUT2D eigenvalue weighted by Gasteiger charge is 2.47. The van der Waals surface area contributed by atoms with Gasteiger partial charge in [0.15, 0.2) is 11.0 Å². The van der Waals surface area contributed by atoms with Gasteiger partial charge in [-0.3, -0.25) is 0 Å². The standard InChI is InChI=1S/C24H28OS/c25-24-20(26-13-1-2-14-26)12-11-18-17-7-3-5-15-9-10-16-6-4-8-19(23(18)24)22(16)21(15)17/h9-10,20-21H,1-8,11-14H2/p+1. The summed E-state index contributed by atoms with van der Waals surface area (Å²) in [4.78, 5) is 0. The highest BCUT2D eigenvalue weighted by molar-refractivity contribution is 7.97. The molecule has 1 aliphatic heterocycles. The molecule has 2 unspecified atom stereocenters. The van der Waals surface area contributed by atoms with Crippen molar-refractivity contribution in [1.29, 1.82) is 0 Å². The van der Waals surface area contributed by atoms with Gasteiger partial charge in [0.05, 0.1) is 0 Å². The van der Waals surface area contributed by atoms with Crippen LogP contribution in [0.1, 0.15) is 64.2 Å². The maximum atomic E-state index is 11.5. The van der Waals surface area contributed by atoms with Gasteiger partial charge in [-0.1, -0.05) is 23.3 Å². The lowest BCUT2D eigenvalue weighted by molar-refractivity contribution is 0.372. The van der Waals surface area contributed by atoms with Gasteiger partial charge < -0.3 is 5.11 Å². The summed E-state index contributed by atoms with van der Waals surface area (Å²) in [6.07, 6.45) is 17.6. The van der Waals surface area contributed by atoms with Crippen molar-refractivity contribution >= 4 is 10.9 Å². The van der Waals surface area contributed by atoms with E-state index in [4.69, 9.17) is 0 Å². The maximum absolute atomic E-state index is 11.5. The van der Waals surface area contributed by atoms with Crippen LogP contribution < -0.4 is 0 Å². The number of fused-ring (bicyclic) bond motifs is 2. The molecular weight excluding hydrogens is 336 g/mol. The quantitative estimate of drug-likeness (QED) is 0.580. The molecule has 6 aliphatic rings. The molecule has 2 heteroatoms. The van der Waals surface area contributed by atoms with Crippen molar-refractivity contribution < 1.29 is 5.11 Å². The second kappa shape index (κ2) is 5.92. The molecule has 0 radical (unpaired) electrons. The molecule has 136 valence electrons. The van der Waals surface area contributed by atoms with Crippen molar-refractivity contribution in [3.8, 4) is 0 Å². The van der Waals surface area contributed by atoms with Crippen LogP contribution in [0.15, 0.2) is 56.9 Å². The van der Waals surface area contributed by atoms with Crippen LogP contribution >= 0.6 is 0 Å². The second-order valence-electron chi connectivity index (χ2n) is 8.91. The minimum Gasteiger partial charge on any atom is -0.507 e. The van der Waals surface area contributed by atoms with Gasteiger partial charge in [-0.05, 0) is 91.0 Å². The Morgan fingerprint density at radius 2 is 1.69 bits per heavy atom. The zero-order chi connectivity index (χ0) is 17.3. The Morgan fingerprint density at radius 3 is 2.58 bits per heavy atom. The molecule has 1 heterocycles. The van der Waals surface area contributed by atoms with E-state index in [1.807, 2.05) is 0 Å². The van der Waals surface area contributed by atoms with E-state index in [9.17, 15) is 5.11 Å². The molecule has 0 aromatic carbocycles. The van der Waals surface area contributed by atoms with Gasteiger partial charge in [0, 0.05) is 17.9 Å². The van der Waals surface area contributed by atoms with Crippen LogP contribution in [0.3, 0.4) is 0 Å². The van der Waals surface area contributed by atoms with Crippen LogP contribution in [0.5, 0.6) is 0 Å². The van der Waals surface area contributed by atoms with Crippen molar-refractivity contribution in [1.82, 2.24) is 0 Å². The van der Waals surface area contributed by atoms with E-state index >= 15 is 0 Å². The molecule has 1 N–H and O–H groups in total. The van der Waals surface area contributed by atoms with Crippen molar-refractivity contribution in [2.75, 3.05) is 11.5 Å². The van der Waals surface area contributed by atoms with Crippen LogP contribution in [0, 0.1) is 5.92 Å². The van der Waals surface area contributed by atoms with Gasteiger partial charge in [0.25, 0.3) is 0 Å². The summed E-state index contributed by atoms with van der Waals surface area (Å²) < 4.78 is 0. The Kier molecular flexibility index (Phi) is 3.61. The molecule has 26 heavy (non-hydrogen) atoms. The smallest absolute Gasteiger partial charge is 0.175 e. The zero-order valence-corrected chi connectivity index (χ0v) is 16.5. The minimum absolute atomic E-state index is 0.438. The fourth-order valence-corrected chi connectivity index (χ4v) is 9.38. The highest BCUT2D eigenvalue weighted by atomic mass is 32.2. The van der Waals surface area contributed by atoms with E-state index in [1.165, 1.54) is 81.3 Å². The summed E-state index contributed by atoms with van der Waals surface area (Å²) in [6.45, 7) is 0. The molecule has 0 amide bonds. The summed E-state index contributed by atoms with van der Waals surface area (Å²) in [5.74, 6) is 4.13. The van der Waals surface area contributed by atoms with Gasteiger partial charge in [-0.2, -0.15) is 0 Å². The summed E-state index contributed by atoms with van der Waals surface area (Å²) in [5.41, 5.74) is 11.1. The highest BCUT2D eigenvalue weighted by Crippen LogP contribution is 2.57. The largest absolute Gasteiger partial charge is 0.507 e. The first-order chi connectivity index (χ1) is 12.8. The van der Waals surface area contributed by atoms with Gasteiger partial charge in [0.1, 0.15) is 11.5 Å². The summed E-state index contributed by atoms with van der Waals surface area (Å²) in [7, 11) is 0.438. The van der Waals surface area contributed by atoms with Crippen molar-refractivity contribution in [3.63, 3.8) is 0 Å². The fourth-order valence-electron chi connectivity index (χ4n) is 6.58. The molecule has 2 atom stereocenters. The number of aliphatic hydroxyl groups is 1. The first-order valence-electron chi connectivity index (χ1n) is 10.8. The predicted molar refractivity (Wildman–Crippen MR) is 110 cm³/mol. The molecule has 0 spiro atoms. The topological polar surface area (TPSA) is 20.2 Å². The third kappa shape index (κ3) is 2.11. The zero-order valence-electron chi connectivity index (χ0n) is 15.7. The average molecular weight is 366 g/mol. The van der Waals surface area contributed by atoms with Crippen LogP contribution in [0.25, 0.3) is 0 Å². The van der Waals surface area contributed by atoms with Gasteiger partial charge in [0.2, 0.25) is 0 Å². The predicted octanol–water partition coefficient (Wildman–Crippen LogP) is 5.83. The summed E-state index contributed by atoms with van der Waals surface area (Å²) in [5, 5.41) is 12.0. The van der Waals surface area contributed by atoms with E-state index in [2.05, 4.69) is 12.2 Å². The SMILES string of the molecule is OC1=C2C(=C3CCCC4=CC=C5CCCC2=C5C43)CCC1[S+]1CCCC1. The molecule has 1 nitrogen and oxygen atoms in total. The molecule has 6 rings (SSSR count). The van der Waals surface area contributed by atoms with Gasteiger partial charge in [-0.15, -0.1) is 0 Å². The van der Waals surface area contributed by atoms with Crippen molar-refractivity contribution in [2.45, 2.75) is 69.5 Å². The number of rotatable bonds is 1. The van der Waals surface area contributed by atoms with E-state index in [0.717, 1.165) is 5.76 Å². The third-order valence-electron chi connectivity index (χ3n) is 7.64. The first-order valence-corrected chi connectivity index (χ1v) is 12.4. The Bertz CT molecular complexity index is 828. The molecule has 2 fully saturated rings. The van der Waals surface area contributed by atoms with Crippen LogP contribution in [0.2, 0.25) is 0 Å². The lowest BCUT2D eigenvalue weighted by atomic mass is 9.60. The van der Waals surface area contributed by atoms with Gasteiger partial charge >= 0.3 is 0 Å². The lowest BCUT2D eigenvalue weighted by Gasteiger charge is -2.45. The number of aliphatic hydroxyl groups excluding tert-OH is 1. The van der Waals surface area contributed by atoms with E-state index < -0.39 is 0 Å². The lowest BCUT2D eigenvalue weighted by Crippen LogP contribution is -2.35. The van der Waals surface area contributed by atoms with E-state index in [0.29, 0.717) is 22.1 Å². The molecule has 0 bridgehead atoms. The van der Waals surface area contributed by atoms with E-state index in [1.54, 1.807) is 33.4 Å². The Hall–Kier alpha value is -1.15. The maximum Gasteiger partial charge on any atom is 0.175 e. The monoisotopic (exact) mass is 365 g/mol. The van der Waals surface area contributed by atoms with E-state index in [-0.39, 0.29) is 0 Å². The summed E-state index contributed by atoms with van der Waals surface area (Å²) >= 11 is 0. The molecule has 0 aromatic heterocycles. The van der Waals surface area contributed by atoms with Gasteiger partial charge in [-0.25, -0.2) is 0 Å². The molecule has 0 aromatic rings. The molecule has 1 saturated heterocycles. The Balaban J connectivity index is 1.56. The van der Waals surface area contributed by atoms with Crippen molar-refractivity contribution in [2.24, 2.45) is 5.92 Å². The molecule has 1 saturated carbocycles. The minimum atomic E-state index is 0.438. The second-order valence-corrected chi connectivity index (χ2v) is 11.4. The Labute approximate surface area is 160 Å². The first kappa shape index (κ1) is 15.9. The van der Waals surface area contributed by atoms with Crippen LogP contribution in [-0.4, -0.2) is 21.9 Å². The normalized spacial score (nSPS) is 33.8. The van der Waals surface area contributed by atoms with Crippen LogP contribution in [-0.2, 0) is 10.9 Å². The Morgan fingerprint density at radius 1 is 0.846 bits per heavy atom. The van der Waals surface area contributed by atoms with Crippen molar-refractivity contribution in [3.05, 3.63) is 56.9 Å².